The summed E-state index contributed by atoms with van der Waals surface area (Å²) in [6.07, 6.45) is -2.86. The SMILES string of the molecule is [2H]C([2H])([2H])NC([2H])([2H])[C@@]([2H])(O)c1cccc(O)c1. The Morgan fingerprint density at radius 3 is 3.33 bits per heavy atom. The van der Waals surface area contributed by atoms with Gasteiger partial charge >= 0.3 is 0 Å². The molecule has 0 aliphatic heterocycles. The summed E-state index contributed by atoms with van der Waals surface area (Å²) in [4.78, 5) is 0. The van der Waals surface area contributed by atoms with Crippen molar-refractivity contribution in [2.75, 3.05) is 13.5 Å². The lowest BCUT2D eigenvalue weighted by Crippen LogP contribution is -2.16. The average molecular weight is 173 g/mol. The van der Waals surface area contributed by atoms with Crippen molar-refractivity contribution in [1.29, 1.82) is 0 Å². The third-order valence-corrected chi connectivity index (χ3v) is 1.30. The molecule has 1 aromatic rings. The predicted molar refractivity (Wildman–Crippen MR) is 47.0 cm³/mol. The van der Waals surface area contributed by atoms with Gasteiger partial charge < -0.3 is 15.5 Å². The van der Waals surface area contributed by atoms with Crippen molar-refractivity contribution >= 4 is 0 Å². The molecule has 0 heterocycles. The molecule has 0 amide bonds. The monoisotopic (exact) mass is 173 g/mol. The van der Waals surface area contributed by atoms with Crippen LogP contribution in [0.25, 0.3) is 0 Å². The van der Waals surface area contributed by atoms with Crippen LogP contribution in [0.1, 0.15) is 19.9 Å². The van der Waals surface area contributed by atoms with Crippen LogP contribution < -0.4 is 5.32 Å². The zero-order valence-corrected chi connectivity index (χ0v) is 6.20. The van der Waals surface area contributed by atoms with E-state index >= 15 is 0 Å². The number of phenols is 1. The Bertz CT molecular complexity index is 431. The maximum absolute atomic E-state index is 9.87. The Morgan fingerprint density at radius 2 is 2.67 bits per heavy atom. The number of aromatic hydroxyl groups is 1. The van der Waals surface area contributed by atoms with E-state index in [1.807, 2.05) is 0 Å². The highest BCUT2D eigenvalue weighted by molar-refractivity contribution is 5.28. The third-order valence-electron chi connectivity index (χ3n) is 1.30. The first-order chi connectivity index (χ1) is 7.96. The minimum Gasteiger partial charge on any atom is -0.508 e. The first-order valence-corrected chi connectivity index (χ1v) is 3.27. The summed E-state index contributed by atoms with van der Waals surface area (Å²) < 4.78 is 43.3. The van der Waals surface area contributed by atoms with Gasteiger partial charge in [-0.25, -0.2) is 0 Å². The van der Waals surface area contributed by atoms with Crippen molar-refractivity contribution in [3.05, 3.63) is 29.8 Å². The largest absolute Gasteiger partial charge is 0.508 e. The van der Waals surface area contributed by atoms with Gasteiger partial charge in [-0.1, -0.05) is 12.1 Å². The van der Waals surface area contributed by atoms with Crippen LogP contribution in [-0.2, 0) is 0 Å². The highest BCUT2D eigenvalue weighted by Crippen LogP contribution is 2.17. The molecule has 3 N–H and O–H groups in total. The average Bonchev–Trinajstić information content (AvgIpc) is 2.13. The standard InChI is InChI=1S/C9H13NO2/c1-10-6-9(12)7-3-2-4-8(11)5-7/h2-5,9-12H,6H2,1H3/t9-/m1/s1/i1D3,6D2,9D. The van der Waals surface area contributed by atoms with E-state index in [0.717, 1.165) is 6.07 Å². The van der Waals surface area contributed by atoms with Gasteiger partial charge in [0, 0.05) is 13.4 Å². The summed E-state index contributed by atoms with van der Waals surface area (Å²) in [6.45, 7) is -5.78. The van der Waals surface area contributed by atoms with E-state index in [0.29, 0.717) is 0 Å². The molecule has 1 rings (SSSR count). The fourth-order valence-corrected chi connectivity index (χ4v) is 0.785. The molecule has 12 heavy (non-hydrogen) atoms. The summed E-state index contributed by atoms with van der Waals surface area (Å²) in [5.74, 6) is -0.261. The van der Waals surface area contributed by atoms with E-state index < -0.39 is 19.6 Å². The number of hydrogen-bond acceptors (Lipinski definition) is 3. The molecule has 3 nitrogen and oxygen atoms in total. The summed E-state index contributed by atoms with van der Waals surface area (Å²) in [5.41, 5.74) is -0.260. The fraction of sp³-hybridized carbons (Fsp3) is 0.333. The molecule has 0 unspecified atom stereocenters. The number of hydrogen-bond donors (Lipinski definition) is 3. The van der Waals surface area contributed by atoms with Gasteiger partial charge in [-0.15, -0.1) is 0 Å². The highest BCUT2D eigenvalue weighted by atomic mass is 16.3. The second kappa shape index (κ2) is 4.09. The minimum atomic E-state index is -2.92. The summed E-state index contributed by atoms with van der Waals surface area (Å²) >= 11 is 0. The van der Waals surface area contributed by atoms with Crippen LogP contribution in [-0.4, -0.2) is 23.7 Å². The van der Waals surface area contributed by atoms with Crippen LogP contribution in [0.3, 0.4) is 0 Å². The van der Waals surface area contributed by atoms with E-state index in [9.17, 15) is 10.2 Å². The molecule has 0 bridgehead atoms. The van der Waals surface area contributed by atoms with E-state index in [-0.39, 0.29) is 11.3 Å². The molecule has 0 radical (unpaired) electrons. The van der Waals surface area contributed by atoms with Crippen LogP contribution in [0.5, 0.6) is 5.75 Å². The minimum absolute atomic E-state index is 0.260. The predicted octanol–water partition coefficient (Wildman–Crippen LogP) is 0.645. The number of rotatable bonds is 3. The molecule has 0 spiro atoms. The lowest BCUT2D eigenvalue weighted by molar-refractivity contribution is 0.177. The molecule has 0 aliphatic carbocycles. The van der Waals surface area contributed by atoms with E-state index in [4.69, 9.17) is 8.22 Å². The summed E-state index contributed by atoms with van der Waals surface area (Å²) in [6, 6.07) is 4.81. The van der Waals surface area contributed by atoms with Gasteiger partial charge in [-0.05, 0) is 24.7 Å². The zero-order valence-electron chi connectivity index (χ0n) is 12.2. The summed E-state index contributed by atoms with van der Waals surface area (Å²) in [5, 5.41) is 20.7. The van der Waals surface area contributed by atoms with Gasteiger partial charge in [0.25, 0.3) is 0 Å². The second-order valence-corrected chi connectivity index (χ2v) is 2.15. The smallest absolute Gasteiger partial charge is 0.115 e. The Balaban J connectivity index is 3.12. The number of benzene rings is 1. The lowest BCUT2D eigenvalue weighted by Gasteiger charge is -2.09. The van der Waals surface area contributed by atoms with Crippen LogP contribution in [0.4, 0.5) is 0 Å². The topological polar surface area (TPSA) is 52.5 Å². The van der Waals surface area contributed by atoms with Crippen LogP contribution >= 0.6 is 0 Å². The number of aliphatic hydroxyl groups is 1. The first-order valence-electron chi connectivity index (χ1n) is 6.27. The molecular weight excluding hydrogens is 154 g/mol. The van der Waals surface area contributed by atoms with Gasteiger partial charge in [0.1, 0.15) is 5.75 Å². The highest BCUT2D eigenvalue weighted by Gasteiger charge is 2.05. The molecule has 0 saturated carbocycles. The van der Waals surface area contributed by atoms with Crippen LogP contribution in [0, 0.1) is 0 Å². The Labute approximate surface area is 80.1 Å². The van der Waals surface area contributed by atoms with Crippen molar-refractivity contribution in [1.82, 2.24) is 5.32 Å². The maximum Gasteiger partial charge on any atom is 0.115 e. The number of nitrogens with one attached hydrogen (secondary N) is 1. The fourth-order valence-electron chi connectivity index (χ4n) is 0.785. The van der Waals surface area contributed by atoms with Crippen molar-refractivity contribution < 1.29 is 18.4 Å². The van der Waals surface area contributed by atoms with Gasteiger partial charge in [0.05, 0.1) is 7.45 Å². The zero-order chi connectivity index (χ0) is 14.2. The third kappa shape index (κ3) is 2.22. The Hall–Kier alpha value is -1.06. The quantitative estimate of drug-likeness (QED) is 0.629. The van der Waals surface area contributed by atoms with Gasteiger partial charge in [-0.2, -0.15) is 0 Å². The van der Waals surface area contributed by atoms with Gasteiger partial charge in [0.15, 0.2) is 0 Å². The van der Waals surface area contributed by atoms with Crippen molar-refractivity contribution in [2.24, 2.45) is 0 Å². The Kier molecular flexibility index (Phi) is 1.28. The lowest BCUT2D eigenvalue weighted by atomic mass is 10.1. The molecule has 1 aromatic carbocycles. The molecule has 1 atom stereocenters. The van der Waals surface area contributed by atoms with Gasteiger partial charge in [0.2, 0.25) is 0 Å². The Morgan fingerprint density at radius 1 is 1.83 bits per heavy atom. The summed E-state index contributed by atoms with van der Waals surface area (Å²) in [7, 11) is 0. The van der Waals surface area contributed by atoms with Crippen LogP contribution in [0.15, 0.2) is 24.3 Å². The second-order valence-electron chi connectivity index (χ2n) is 2.15. The first kappa shape index (κ1) is 3.77. The molecule has 0 saturated heterocycles. The molecule has 3 heteroatoms. The molecule has 0 fully saturated rings. The van der Waals surface area contributed by atoms with Crippen molar-refractivity contribution in [2.45, 2.75) is 6.08 Å². The maximum atomic E-state index is 9.87. The van der Waals surface area contributed by atoms with Crippen LogP contribution in [0.2, 0.25) is 0 Å². The van der Waals surface area contributed by atoms with Crippen molar-refractivity contribution in [3.8, 4) is 5.75 Å². The number of phenolic OH excluding ortho intramolecular Hbond substituents is 1. The normalized spacial score (nSPS) is 25.1. The molecule has 0 aliphatic rings. The molecule has 0 aromatic heterocycles. The van der Waals surface area contributed by atoms with E-state index in [1.165, 1.54) is 18.2 Å². The molecule has 66 valence electrons. The van der Waals surface area contributed by atoms with E-state index in [1.54, 1.807) is 5.32 Å². The van der Waals surface area contributed by atoms with E-state index in [2.05, 4.69) is 0 Å². The van der Waals surface area contributed by atoms with Crippen molar-refractivity contribution in [3.63, 3.8) is 0 Å². The number of likely N-dealkylation sites (N-methyl/N-ethyl adjacent to an activating group) is 1. The van der Waals surface area contributed by atoms with Gasteiger partial charge in [-0.3, -0.25) is 0 Å². The molecular formula is C9H13NO2.